The molecule has 2 aromatic carbocycles. The number of aromatic nitrogens is 1. The predicted octanol–water partition coefficient (Wildman–Crippen LogP) is 4.04. The highest BCUT2D eigenvalue weighted by molar-refractivity contribution is 9.10. The van der Waals surface area contributed by atoms with E-state index in [1.807, 2.05) is 36.4 Å². The first-order valence-electron chi connectivity index (χ1n) is 11.3. The van der Waals surface area contributed by atoms with Crippen molar-refractivity contribution >= 4 is 32.8 Å². The number of methoxy groups -OCH3 is 1. The summed E-state index contributed by atoms with van der Waals surface area (Å²) in [5.74, 6) is -0.274. The number of hydrogen-bond donors (Lipinski definition) is 1. The van der Waals surface area contributed by atoms with E-state index in [9.17, 15) is 9.90 Å². The van der Waals surface area contributed by atoms with Gasteiger partial charge in [-0.2, -0.15) is 0 Å². The van der Waals surface area contributed by atoms with Crippen LogP contribution < -0.4 is 0 Å². The first kappa shape index (κ1) is 23.8. The van der Waals surface area contributed by atoms with Gasteiger partial charge >= 0.3 is 5.97 Å². The number of ether oxygens (including phenoxy) is 2. The van der Waals surface area contributed by atoms with Crippen molar-refractivity contribution in [1.82, 2.24) is 14.4 Å². The Bertz CT molecular complexity index is 1110. The molecule has 1 aromatic heterocycles. The van der Waals surface area contributed by atoms with E-state index in [-0.39, 0.29) is 18.3 Å². The zero-order chi connectivity index (χ0) is 23.4. The number of carbonyl (C=O) groups is 1. The highest BCUT2D eigenvalue weighted by atomic mass is 79.9. The largest absolute Gasteiger partial charge is 0.507 e. The van der Waals surface area contributed by atoms with E-state index in [4.69, 9.17) is 9.47 Å². The summed E-state index contributed by atoms with van der Waals surface area (Å²) in [6, 6.07) is 13.5. The first-order valence-corrected chi connectivity index (χ1v) is 12.0. The average Bonchev–Trinajstić information content (AvgIpc) is 3.12. The van der Waals surface area contributed by atoms with Gasteiger partial charge in [0.25, 0.3) is 0 Å². The predicted molar refractivity (Wildman–Crippen MR) is 132 cm³/mol. The molecule has 0 spiro atoms. The van der Waals surface area contributed by atoms with Crippen LogP contribution in [-0.4, -0.2) is 78.5 Å². The summed E-state index contributed by atoms with van der Waals surface area (Å²) in [6.07, 6.45) is 0. The molecule has 176 valence electrons. The van der Waals surface area contributed by atoms with Gasteiger partial charge in [0.2, 0.25) is 0 Å². The molecule has 0 amide bonds. The lowest BCUT2D eigenvalue weighted by Crippen LogP contribution is -2.47. The van der Waals surface area contributed by atoms with Crippen LogP contribution in [0.1, 0.15) is 23.0 Å². The highest BCUT2D eigenvalue weighted by Gasteiger charge is 2.28. The summed E-state index contributed by atoms with van der Waals surface area (Å²) in [7, 11) is 1.73. The van der Waals surface area contributed by atoms with Crippen molar-refractivity contribution in [3.05, 3.63) is 58.2 Å². The lowest BCUT2D eigenvalue weighted by atomic mass is 10.1. The van der Waals surface area contributed by atoms with E-state index in [1.54, 1.807) is 20.1 Å². The zero-order valence-corrected chi connectivity index (χ0v) is 20.7. The minimum absolute atomic E-state index is 0.0940. The number of piperazine rings is 1. The van der Waals surface area contributed by atoms with Crippen molar-refractivity contribution in [3.8, 4) is 11.4 Å². The average molecular weight is 516 g/mol. The number of halogens is 1. The summed E-state index contributed by atoms with van der Waals surface area (Å²) >= 11 is 3.44. The maximum Gasteiger partial charge on any atom is 0.340 e. The van der Waals surface area contributed by atoms with Gasteiger partial charge in [-0.3, -0.25) is 9.80 Å². The van der Waals surface area contributed by atoms with E-state index >= 15 is 0 Å². The van der Waals surface area contributed by atoms with E-state index in [0.717, 1.165) is 56.2 Å². The van der Waals surface area contributed by atoms with Crippen LogP contribution in [0, 0.1) is 0 Å². The second-order valence-corrected chi connectivity index (χ2v) is 9.00. The van der Waals surface area contributed by atoms with Crippen molar-refractivity contribution in [2.75, 3.05) is 53.0 Å². The lowest BCUT2D eigenvalue weighted by molar-refractivity contribution is 0.0524. The normalized spacial score (nSPS) is 15.2. The van der Waals surface area contributed by atoms with Crippen LogP contribution in [0.25, 0.3) is 16.6 Å². The second-order valence-electron chi connectivity index (χ2n) is 8.14. The molecule has 8 heteroatoms. The molecule has 2 heterocycles. The standard InChI is InChI=1S/C25H30BrN3O4/c1-3-33-25(31)24-19-15-23(30)20(26)16-21(19)29(18-7-5-4-6-8-18)22(24)17-28-11-9-27(10-12-28)13-14-32-2/h4-8,15-16,30H,3,9-14,17H2,1-2H3. The third kappa shape index (κ3) is 5.09. The van der Waals surface area contributed by atoms with Gasteiger partial charge in [0.1, 0.15) is 5.75 Å². The fourth-order valence-electron chi connectivity index (χ4n) is 4.41. The molecular weight excluding hydrogens is 486 g/mol. The van der Waals surface area contributed by atoms with Gasteiger partial charge in [-0.05, 0) is 47.1 Å². The van der Waals surface area contributed by atoms with Crippen LogP contribution in [0.5, 0.6) is 5.75 Å². The summed E-state index contributed by atoms with van der Waals surface area (Å²) in [4.78, 5) is 17.9. The number of fused-ring (bicyclic) bond motifs is 1. The van der Waals surface area contributed by atoms with E-state index in [0.29, 0.717) is 22.0 Å². The van der Waals surface area contributed by atoms with Crippen molar-refractivity contribution in [3.63, 3.8) is 0 Å². The van der Waals surface area contributed by atoms with Crippen LogP contribution in [-0.2, 0) is 16.0 Å². The fraction of sp³-hybridized carbons (Fsp3) is 0.400. The number of carbonyl (C=O) groups excluding carboxylic acids is 1. The molecule has 1 fully saturated rings. The summed E-state index contributed by atoms with van der Waals surface area (Å²) < 4.78 is 13.4. The van der Waals surface area contributed by atoms with Crippen molar-refractivity contribution in [2.45, 2.75) is 13.5 Å². The van der Waals surface area contributed by atoms with Crippen molar-refractivity contribution in [2.24, 2.45) is 0 Å². The molecule has 1 N–H and O–H groups in total. The highest BCUT2D eigenvalue weighted by Crippen LogP contribution is 2.37. The maximum atomic E-state index is 13.2. The first-order chi connectivity index (χ1) is 16.0. The molecule has 0 aliphatic carbocycles. The number of para-hydroxylation sites is 1. The van der Waals surface area contributed by atoms with Crippen LogP contribution in [0.2, 0.25) is 0 Å². The number of hydrogen-bond acceptors (Lipinski definition) is 6. The smallest absolute Gasteiger partial charge is 0.340 e. The number of phenols is 1. The Morgan fingerprint density at radius 2 is 1.79 bits per heavy atom. The third-order valence-corrected chi connectivity index (χ3v) is 6.71. The molecule has 0 unspecified atom stereocenters. The molecule has 33 heavy (non-hydrogen) atoms. The molecule has 0 saturated carbocycles. The van der Waals surface area contributed by atoms with Crippen LogP contribution in [0.4, 0.5) is 0 Å². The van der Waals surface area contributed by atoms with Gasteiger partial charge in [-0.25, -0.2) is 4.79 Å². The molecule has 7 nitrogen and oxygen atoms in total. The van der Waals surface area contributed by atoms with Crippen molar-refractivity contribution < 1.29 is 19.4 Å². The minimum Gasteiger partial charge on any atom is -0.507 e. The zero-order valence-electron chi connectivity index (χ0n) is 19.1. The molecule has 1 aliphatic rings. The Labute approximate surface area is 202 Å². The molecule has 3 aromatic rings. The Morgan fingerprint density at radius 1 is 1.09 bits per heavy atom. The molecule has 1 saturated heterocycles. The molecule has 0 atom stereocenters. The summed E-state index contributed by atoms with van der Waals surface area (Å²) in [5, 5.41) is 11.1. The monoisotopic (exact) mass is 515 g/mol. The second kappa shape index (κ2) is 10.7. The number of nitrogens with zero attached hydrogens (tertiary/aromatic N) is 3. The van der Waals surface area contributed by atoms with Crippen LogP contribution in [0.15, 0.2) is 46.9 Å². The number of rotatable bonds is 8. The maximum absolute atomic E-state index is 13.2. The number of esters is 1. The quantitative estimate of drug-likeness (QED) is 0.456. The van der Waals surface area contributed by atoms with Crippen LogP contribution >= 0.6 is 15.9 Å². The number of phenolic OH excluding ortho intramolecular Hbond substituents is 1. The molecule has 0 bridgehead atoms. The van der Waals surface area contributed by atoms with Crippen LogP contribution in [0.3, 0.4) is 0 Å². The Kier molecular flexibility index (Phi) is 7.70. The van der Waals surface area contributed by atoms with Gasteiger partial charge in [-0.1, -0.05) is 18.2 Å². The third-order valence-electron chi connectivity index (χ3n) is 6.08. The Morgan fingerprint density at radius 3 is 2.45 bits per heavy atom. The molecule has 0 radical (unpaired) electrons. The van der Waals surface area contributed by atoms with Gasteiger partial charge in [0.05, 0.1) is 34.5 Å². The minimum atomic E-state index is -0.368. The SMILES string of the molecule is CCOC(=O)c1c(CN2CCN(CCOC)CC2)n(-c2ccccc2)c2cc(Br)c(O)cc12. The Hall–Kier alpha value is -2.39. The Balaban J connectivity index is 1.79. The van der Waals surface area contributed by atoms with Gasteiger partial charge in [0.15, 0.2) is 0 Å². The van der Waals surface area contributed by atoms with Gasteiger partial charge < -0.3 is 19.1 Å². The molecular formula is C25H30BrN3O4. The lowest BCUT2D eigenvalue weighted by Gasteiger charge is -2.34. The van der Waals surface area contributed by atoms with Gasteiger partial charge in [0, 0.05) is 57.5 Å². The summed E-state index contributed by atoms with van der Waals surface area (Å²) in [5.41, 5.74) is 3.20. The van der Waals surface area contributed by atoms with Crippen molar-refractivity contribution in [1.29, 1.82) is 0 Å². The summed E-state index contributed by atoms with van der Waals surface area (Å²) in [6.45, 7) is 8.07. The van der Waals surface area contributed by atoms with E-state index in [1.165, 1.54) is 0 Å². The molecule has 1 aliphatic heterocycles. The van der Waals surface area contributed by atoms with E-state index in [2.05, 4.69) is 30.3 Å². The number of aromatic hydroxyl groups is 1. The number of benzene rings is 2. The van der Waals surface area contributed by atoms with Gasteiger partial charge in [-0.15, -0.1) is 0 Å². The molecule has 4 rings (SSSR count). The fourth-order valence-corrected chi connectivity index (χ4v) is 4.74. The topological polar surface area (TPSA) is 67.2 Å². The van der Waals surface area contributed by atoms with E-state index < -0.39 is 0 Å².